The van der Waals surface area contributed by atoms with Gasteiger partial charge in [0.05, 0.1) is 12.1 Å². The SMILES string of the molecule is COc1ccc(NCc2cc(Br)ccc2OCc2ccc(Cl)cc2Cl)cc1Cl. The Balaban J connectivity index is 1.72. The molecule has 0 aliphatic rings. The van der Waals surface area contributed by atoms with Crippen LogP contribution in [0.4, 0.5) is 5.69 Å². The lowest BCUT2D eigenvalue weighted by atomic mass is 10.2. The van der Waals surface area contributed by atoms with Crippen molar-refractivity contribution >= 4 is 56.4 Å². The molecule has 7 heteroatoms. The van der Waals surface area contributed by atoms with Gasteiger partial charge in [-0.05, 0) is 48.5 Å². The lowest BCUT2D eigenvalue weighted by Crippen LogP contribution is -2.04. The third kappa shape index (κ3) is 5.48. The molecule has 28 heavy (non-hydrogen) atoms. The van der Waals surface area contributed by atoms with Crippen LogP contribution in [0.3, 0.4) is 0 Å². The number of methoxy groups -OCH3 is 1. The first kappa shape index (κ1) is 21.1. The Morgan fingerprint density at radius 3 is 2.36 bits per heavy atom. The first-order chi connectivity index (χ1) is 13.5. The van der Waals surface area contributed by atoms with Crippen LogP contribution in [0.1, 0.15) is 11.1 Å². The molecule has 0 amide bonds. The van der Waals surface area contributed by atoms with Crippen molar-refractivity contribution in [1.29, 1.82) is 0 Å². The third-order valence-electron chi connectivity index (χ3n) is 4.06. The van der Waals surface area contributed by atoms with Crippen molar-refractivity contribution in [3.63, 3.8) is 0 Å². The van der Waals surface area contributed by atoms with E-state index < -0.39 is 0 Å². The zero-order valence-electron chi connectivity index (χ0n) is 14.9. The summed E-state index contributed by atoms with van der Waals surface area (Å²) in [6, 6.07) is 16.8. The zero-order chi connectivity index (χ0) is 20.1. The highest BCUT2D eigenvalue weighted by molar-refractivity contribution is 9.10. The van der Waals surface area contributed by atoms with Gasteiger partial charge in [0, 0.05) is 37.9 Å². The van der Waals surface area contributed by atoms with Crippen molar-refractivity contribution in [2.75, 3.05) is 12.4 Å². The summed E-state index contributed by atoms with van der Waals surface area (Å²) in [5.74, 6) is 1.40. The van der Waals surface area contributed by atoms with Crippen molar-refractivity contribution in [1.82, 2.24) is 0 Å². The van der Waals surface area contributed by atoms with Gasteiger partial charge in [0.25, 0.3) is 0 Å². The number of halogens is 4. The average Bonchev–Trinajstić information content (AvgIpc) is 2.67. The van der Waals surface area contributed by atoms with Gasteiger partial charge in [-0.1, -0.05) is 56.8 Å². The monoisotopic (exact) mass is 499 g/mol. The van der Waals surface area contributed by atoms with E-state index in [-0.39, 0.29) is 0 Å². The predicted molar refractivity (Wildman–Crippen MR) is 120 cm³/mol. The summed E-state index contributed by atoms with van der Waals surface area (Å²) in [6.45, 7) is 0.908. The Morgan fingerprint density at radius 2 is 1.64 bits per heavy atom. The molecule has 0 saturated carbocycles. The molecule has 0 fully saturated rings. The number of benzene rings is 3. The lowest BCUT2D eigenvalue weighted by molar-refractivity contribution is 0.303. The molecule has 0 saturated heterocycles. The second-order valence-electron chi connectivity index (χ2n) is 5.98. The summed E-state index contributed by atoms with van der Waals surface area (Å²) in [6.07, 6.45) is 0. The molecular weight excluding hydrogens is 484 g/mol. The number of ether oxygens (including phenoxy) is 2. The summed E-state index contributed by atoms with van der Waals surface area (Å²) in [5, 5.41) is 5.08. The molecule has 3 rings (SSSR count). The Bertz CT molecular complexity index is 982. The topological polar surface area (TPSA) is 30.5 Å². The van der Waals surface area contributed by atoms with E-state index in [0.29, 0.717) is 34.0 Å². The molecule has 0 aliphatic carbocycles. The summed E-state index contributed by atoms with van der Waals surface area (Å²) in [4.78, 5) is 0. The van der Waals surface area contributed by atoms with E-state index in [9.17, 15) is 0 Å². The van der Waals surface area contributed by atoms with Gasteiger partial charge < -0.3 is 14.8 Å². The van der Waals surface area contributed by atoms with Crippen molar-refractivity contribution in [2.24, 2.45) is 0 Å². The zero-order valence-corrected chi connectivity index (χ0v) is 18.8. The normalized spacial score (nSPS) is 10.6. The number of anilines is 1. The minimum atomic E-state index is 0.346. The molecule has 0 spiro atoms. The second kappa shape index (κ2) is 9.75. The van der Waals surface area contributed by atoms with Gasteiger partial charge in [0.2, 0.25) is 0 Å². The van der Waals surface area contributed by atoms with E-state index in [0.717, 1.165) is 27.0 Å². The molecule has 0 aliphatic heterocycles. The summed E-state index contributed by atoms with van der Waals surface area (Å²) < 4.78 is 12.2. The highest BCUT2D eigenvalue weighted by Crippen LogP contribution is 2.30. The van der Waals surface area contributed by atoms with Gasteiger partial charge in [-0.15, -0.1) is 0 Å². The van der Waals surface area contributed by atoms with E-state index in [4.69, 9.17) is 44.3 Å². The fourth-order valence-electron chi connectivity index (χ4n) is 2.59. The summed E-state index contributed by atoms with van der Waals surface area (Å²) in [7, 11) is 1.59. The van der Waals surface area contributed by atoms with Gasteiger partial charge in [0.15, 0.2) is 0 Å². The lowest BCUT2D eigenvalue weighted by Gasteiger charge is -2.15. The van der Waals surface area contributed by atoms with Gasteiger partial charge in [-0.2, -0.15) is 0 Å². The molecule has 3 aromatic carbocycles. The molecule has 3 nitrogen and oxygen atoms in total. The molecule has 3 aromatic rings. The van der Waals surface area contributed by atoms with E-state index in [1.807, 2.05) is 42.5 Å². The molecule has 0 atom stereocenters. The number of hydrogen-bond donors (Lipinski definition) is 1. The van der Waals surface area contributed by atoms with Crippen LogP contribution in [0.5, 0.6) is 11.5 Å². The smallest absolute Gasteiger partial charge is 0.137 e. The molecule has 0 heterocycles. The third-order valence-corrected chi connectivity index (χ3v) is 5.43. The number of nitrogens with one attached hydrogen (secondary N) is 1. The Morgan fingerprint density at radius 1 is 0.857 bits per heavy atom. The quantitative estimate of drug-likeness (QED) is 0.361. The van der Waals surface area contributed by atoms with Crippen molar-refractivity contribution < 1.29 is 9.47 Å². The fraction of sp³-hybridized carbons (Fsp3) is 0.143. The van der Waals surface area contributed by atoms with Crippen LogP contribution in [0.25, 0.3) is 0 Å². The van der Waals surface area contributed by atoms with Crippen LogP contribution in [0, 0.1) is 0 Å². The van der Waals surface area contributed by atoms with Crippen molar-refractivity contribution in [2.45, 2.75) is 13.2 Å². The first-order valence-corrected chi connectivity index (χ1v) is 10.3. The van der Waals surface area contributed by atoms with E-state index >= 15 is 0 Å². The Kier molecular flexibility index (Phi) is 7.36. The Hall–Kier alpha value is -1.59. The van der Waals surface area contributed by atoms with Gasteiger partial charge in [-0.3, -0.25) is 0 Å². The van der Waals surface area contributed by atoms with Crippen LogP contribution >= 0.6 is 50.7 Å². The molecule has 0 unspecified atom stereocenters. The van der Waals surface area contributed by atoms with Gasteiger partial charge >= 0.3 is 0 Å². The molecular formula is C21H17BrCl3NO2. The highest BCUT2D eigenvalue weighted by atomic mass is 79.9. The van der Waals surface area contributed by atoms with Gasteiger partial charge in [-0.25, -0.2) is 0 Å². The van der Waals surface area contributed by atoms with Crippen LogP contribution in [-0.2, 0) is 13.2 Å². The highest BCUT2D eigenvalue weighted by Gasteiger charge is 2.09. The molecule has 1 N–H and O–H groups in total. The van der Waals surface area contributed by atoms with Crippen LogP contribution < -0.4 is 14.8 Å². The standard InChI is InChI=1S/C21H17BrCl3NO2/c1-27-21-7-5-17(10-19(21)25)26-11-14-8-15(22)3-6-20(14)28-12-13-2-4-16(23)9-18(13)24/h2-10,26H,11-12H2,1H3. The first-order valence-electron chi connectivity index (χ1n) is 8.39. The Labute approximate surface area is 187 Å². The van der Waals surface area contributed by atoms with Crippen LogP contribution in [0.15, 0.2) is 59.1 Å². The van der Waals surface area contributed by atoms with Crippen molar-refractivity contribution in [3.05, 3.63) is 85.3 Å². The maximum atomic E-state index is 6.23. The largest absolute Gasteiger partial charge is 0.495 e. The van der Waals surface area contributed by atoms with E-state index in [1.165, 1.54) is 0 Å². The average molecular weight is 502 g/mol. The van der Waals surface area contributed by atoms with Crippen LogP contribution in [0.2, 0.25) is 15.1 Å². The number of hydrogen-bond acceptors (Lipinski definition) is 3. The molecule has 0 radical (unpaired) electrons. The summed E-state index contributed by atoms with van der Waals surface area (Å²) in [5.41, 5.74) is 2.75. The molecule has 0 bridgehead atoms. The summed E-state index contributed by atoms with van der Waals surface area (Å²) >= 11 is 21.9. The number of rotatable bonds is 7. The minimum absolute atomic E-state index is 0.346. The molecule has 0 aromatic heterocycles. The van der Waals surface area contributed by atoms with E-state index in [1.54, 1.807) is 19.2 Å². The maximum Gasteiger partial charge on any atom is 0.137 e. The van der Waals surface area contributed by atoms with Crippen molar-refractivity contribution in [3.8, 4) is 11.5 Å². The second-order valence-corrected chi connectivity index (χ2v) is 8.15. The van der Waals surface area contributed by atoms with Crippen LogP contribution in [-0.4, -0.2) is 7.11 Å². The fourth-order valence-corrected chi connectivity index (χ4v) is 3.72. The predicted octanol–water partition coefficient (Wildman–Crippen LogP) is 7.61. The maximum absolute atomic E-state index is 6.23. The van der Waals surface area contributed by atoms with E-state index in [2.05, 4.69) is 21.2 Å². The van der Waals surface area contributed by atoms with Gasteiger partial charge in [0.1, 0.15) is 18.1 Å². The minimum Gasteiger partial charge on any atom is -0.495 e. The molecule has 146 valence electrons.